The van der Waals surface area contributed by atoms with Gasteiger partial charge in [0.1, 0.15) is 0 Å². The first-order valence-corrected chi connectivity index (χ1v) is 7.57. The summed E-state index contributed by atoms with van der Waals surface area (Å²) < 4.78 is 10.7. The van der Waals surface area contributed by atoms with Crippen LogP contribution < -0.4 is 15.2 Å². The lowest BCUT2D eigenvalue weighted by atomic mass is 10.2. The van der Waals surface area contributed by atoms with E-state index in [1.54, 1.807) is 17.8 Å². The predicted octanol–water partition coefficient (Wildman–Crippen LogP) is 4.25. The number of halogens is 1. The number of hydrogen-bond acceptors (Lipinski definition) is 4. The van der Waals surface area contributed by atoms with E-state index in [0.29, 0.717) is 10.8 Å². The highest BCUT2D eigenvalue weighted by Crippen LogP contribution is 2.39. The van der Waals surface area contributed by atoms with Crippen molar-refractivity contribution in [2.75, 3.05) is 12.5 Å². The van der Waals surface area contributed by atoms with Crippen molar-refractivity contribution in [3.05, 3.63) is 46.5 Å². The molecule has 5 heteroatoms. The minimum Gasteiger partial charge on any atom is -0.454 e. The summed E-state index contributed by atoms with van der Waals surface area (Å²) >= 11 is 7.92. The average Bonchev–Trinajstić information content (AvgIpc) is 2.84. The summed E-state index contributed by atoms with van der Waals surface area (Å²) in [6.45, 7) is 2.28. The number of rotatable bonds is 3. The van der Waals surface area contributed by atoms with Gasteiger partial charge in [0.05, 0.1) is 0 Å². The van der Waals surface area contributed by atoms with E-state index in [4.69, 9.17) is 26.8 Å². The Bertz CT molecular complexity index is 661. The van der Waals surface area contributed by atoms with Crippen molar-refractivity contribution >= 4 is 29.1 Å². The highest BCUT2D eigenvalue weighted by molar-refractivity contribution is 7.98. The summed E-state index contributed by atoms with van der Waals surface area (Å²) in [5.74, 6) is 2.20. The van der Waals surface area contributed by atoms with Crippen LogP contribution in [-0.4, -0.2) is 6.79 Å². The normalized spacial score (nSPS) is 12.7. The number of benzene rings is 2. The Morgan fingerprint density at radius 2 is 1.95 bits per heavy atom. The van der Waals surface area contributed by atoms with Gasteiger partial charge >= 0.3 is 0 Å². The lowest BCUT2D eigenvalue weighted by Crippen LogP contribution is -1.93. The van der Waals surface area contributed by atoms with Crippen LogP contribution in [0.15, 0.2) is 35.2 Å². The van der Waals surface area contributed by atoms with Crippen LogP contribution in [0.2, 0.25) is 5.02 Å². The molecule has 2 aromatic rings. The monoisotopic (exact) mass is 307 g/mol. The van der Waals surface area contributed by atoms with Gasteiger partial charge in [-0.1, -0.05) is 17.7 Å². The zero-order valence-electron chi connectivity index (χ0n) is 11.0. The van der Waals surface area contributed by atoms with Crippen molar-refractivity contribution in [1.82, 2.24) is 0 Å². The first kappa shape index (κ1) is 13.5. The van der Waals surface area contributed by atoms with E-state index in [-0.39, 0.29) is 6.79 Å². The first-order chi connectivity index (χ1) is 9.63. The van der Waals surface area contributed by atoms with Crippen LogP contribution in [0.1, 0.15) is 11.1 Å². The SMILES string of the molecule is Cc1ccc(SCc2cc3c(cc2Cl)OCO3)c(N)c1. The van der Waals surface area contributed by atoms with Gasteiger partial charge in [0, 0.05) is 27.4 Å². The molecule has 1 aliphatic rings. The number of ether oxygens (including phenoxy) is 2. The number of nitrogen functional groups attached to an aromatic ring is 1. The number of aryl methyl sites for hydroxylation is 1. The molecule has 0 unspecified atom stereocenters. The van der Waals surface area contributed by atoms with Gasteiger partial charge in [0.25, 0.3) is 0 Å². The molecule has 0 amide bonds. The molecule has 0 fully saturated rings. The highest BCUT2D eigenvalue weighted by Gasteiger charge is 2.16. The van der Waals surface area contributed by atoms with Gasteiger partial charge in [-0.3, -0.25) is 0 Å². The van der Waals surface area contributed by atoms with E-state index >= 15 is 0 Å². The van der Waals surface area contributed by atoms with Gasteiger partial charge in [0.2, 0.25) is 6.79 Å². The molecule has 2 N–H and O–H groups in total. The number of thioether (sulfide) groups is 1. The Hall–Kier alpha value is -1.52. The lowest BCUT2D eigenvalue weighted by Gasteiger charge is -2.08. The van der Waals surface area contributed by atoms with E-state index in [9.17, 15) is 0 Å². The summed E-state index contributed by atoms with van der Waals surface area (Å²) in [4.78, 5) is 1.06. The van der Waals surface area contributed by atoms with Crippen LogP contribution in [-0.2, 0) is 5.75 Å². The van der Waals surface area contributed by atoms with Crippen molar-refractivity contribution in [3.63, 3.8) is 0 Å². The van der Waals surface area contributed by atoms with Gasteiger partial charge in [-0.25, -0.2) is 0 Å². The predicted molar refractivity (Wildman–Crippen MR) is 82.7 cm³/mol. The molecule has 0 bridgehead atoms. The van der Waals surface area contributed by atoms with Crippen LogP contribution in [0.4, 0.5) is 5.69 Å². The van der Waals surface area contributed by atoms with Crippen LogP contribution >= 0.6 is 23.4 Å². The fourth-order valence-electron chi connectivity index (χ4n) is 2.02. The molecule has 0 saturated carbocycles. The maximum absolute atomic E-state index is 6.26. The second-order valence-electron chi connectivity index (χ2n) is 4.63. The molecule has 0 aromatic heterocycles. The largest absolute Gasteiger partial charge is 0.454 e. The van der Waals surface area contributed by atoms with Crippen LogP contribution in [0.5, 0.6) is 11.5 Å². The van der Waals surface area contributed by atoms with Crippen molar-refractivity contribution in [2.45, 2.75) is 17.6 Å². The summed E-state index contributed by atoms with van der Waals surface area (Å²) in [5.41, 5.74) is 8.99. The van der Waals surface area contributed by atoms with Crippen molar-refractivity contribution in [2.24, 2.45) is 0 Å². The van der Waals surface area contributed by atoms with Gasteiger partial charge in [-0.05, 0) is 36.2 Å². The number of hydrogen-bond donors (Lipinski definition) is 1. The summed E-state index contributed by atoms with van der Waals surface area (Å²) in [6.07, 6.45) is 0. The van der Waals surface area contributed by atoms with Gasteiger partial charge in [-0.15, -0.1) is 11.8 Å². The summed E-state index contributed by atoms with van der Waals surface area (Å²) in [6, 6.07) is 9.81. The van der Waals surface area contributed by atoms with E-state index in [1.807, 2.05) is 25.1 Å². The first-order valence-electron chi connectivity index (χ1n) is 6.20. The molecule has 0 aliphatic carbocycles. The van der Waals surface area contributed by atoms with Gasteiger partial charge < -0.3 is 15.2 Å². The Balaban J connectivity index is 1.78. The standard InChI is InChI=1S/C15H14ClNO2S/c1-9-2-3-15(12(17)4-9)20-7-10-5-13-14(6-11(10)16)19-8-18-13/h2-6H,7-8,17H2,1H3. The average molecular weight is 308 g/mol. The zero-order valence-corrected chi connectivity index (χ0v) is 12.6. The maximum atomic E-state index is 6.26. The Labute approximate surface area is 127 Å². The smallest absolute Gasteiger partial charge is 0.231 e. The zero-order chi connectivity index (χ0) is 14.1. The molecule has 1 aliphatic heterocycles. The van der Waals surface area contributed by atoms with E-state index in [1.165, 1.54) is 0 Å². The van der Waals surface area contributed by atoms with E-state index in [0.717, 1.165) is 33.2 Å². The molecule has 0 atom stereocenters. The fraction of sp³-hybridized carbons (Fsp3) is 0.200. The van der Waals surface area contributed by atoms with Crippen molar-refractivity contribution < 1.29 is 9.47 Å². The summed E-state index contributed by atoms with van der Waals surface area (Å²) in [5, 5.41) is 0.687. The van der Waals surface area contributed by atoms with Gasteiger partial charge in [-0.2, -0.15) is 0 Å². The number of nitrogens with two attached hydrogens (primary N) is 1. The minimum absolute atomic E-state index is 0.257. The van der Waals surface area contributed by atoms with Crippen LogP contribution in [0.25, 0.3) is 0 Å². The second-order valence-corrected chi connectivity index (χ2v) is 6.05. The molecule has 2 aromatic carbocycles. The van der Waals surface area contributed by atoms with Crippen LogP contribution in [0.3, 0.4) is 0 Å². The second kappa shape index (κ2) is 5.46. The Morgan fingerprint density at radius 3 is 2.70 bits per heavy atom. The van der Waals surface area contributed by atoms with E-state index < -0.39 is 0 Å². The maximum Gasteiger partial charge on any atom is 0.231 e. The molecular formula is C15H14ClNO2S. The third kappa shape index (κ3) is 2.67. The third-order valence-electron chi connectivity index (χ3n) is 3.09. The third-order valence-corrected chi connectivity index (χ3v) is 4.58. The fourth-order valence-corrected chi connectivity index (χ4v) is 3.26. The number of fused-ring (bicyclic) bond motifs is 1. The van der Waals surface area contributed by atoms with Crippen molar-refractivity contribution in [3.8, 4) is 11.5 Å². The molecular weight excluding hydrogens is 294 g/mol. The molecule has 0 spiro atoms. The Kier molecular flexibility index (Phi) is 3.68. The topological polar surface area (TPSA) is 44.5 Å². The molecule has 20 heavy (non-hydrogen) atoms. The minimum atomic E-state index is 0.257. The van der Waals surface area contributed by atoms with Crippen LogP contribution in [0, 0.1) is 6.92 Å². The molecule has 3 rings (SSSR count). The summed E-state index contributed by atoms with van der Waals surface area (Å²) in [7, 11) is 0. The molecule has 104 valence electrons. The van der Waals surface area contributed by atoms with Gasteiger partial charge in [0.15, 0.2) is 11.5 Å². The van der Waals surface area contributed by atoms with Crippen molar-refractivity contribution in [1.29, 1.82) is 0 Å². The molecule has 1 heterocycles. The number of anilines is 1. The molecule has 3 nitrogen and oxygen atoms in total. The molecule has 0 radical (unpaired) electrons. The highest BCUT2D eigenvalue weighted by atomic mass is 35.5. The molecule has 0 saturated heterocycles. The lowest BCUT2D eigenvalue weighted by molar-refractivity contribution is 0.174. The quantitative estimate of drug-likeness (QED) is 0.680. The Morgan fingerprint density at radius 1 is 1.20 bits per heavy atom. The van der Waals surface area contributed by atoms with E-state index in [2.05, 4.69) is 6.07 Å².